The molecular formula is C12H17N3O3. The highest BCUT2D eigenvalue weighted by molar-refractivity contribution is 5.72. The van der Waals surface area contributed by atoms with Crippen molar-refractivity contribution in [1.29, 1.82) is 0 Å². The number of nitrogen functional groups attached to an aromatic ring is 1. The SMILES string of the molecule is COC(=O)[C@H]1CC[C@H](n2ccc(N)nc2=O)CC1. The second kappa shape index (κ2) is 5.20. The summed E-state index contributed by atoms with van der Waals surface area (Å²) in [6.07, 6.45) is 4.73. The molecule has 1 saturated carbocycles. The number of ether oxygens (including phenoxy) is 1. The molecule has 0 atom stereocenters. The second-order valence-electron chi connectivity index (χ2n) is 4.57. The lowest BCUT2D eigenvalue weighted by Crippen LogP contribution is -2.31. The van der Waals surface area contributed by atoms with Crippen LogP contribution < -0.4 is 11.4 Å². The lowest BCUT2D eigenvalue weighted by atomic mass is 9.86. The molecule has 0 radical (unpaired) electrons. The zero-order chi connectivity index (χ0) is 13.1. The minimum atomic E-state index is -0.323. The summed E-state index contributed by atoms with van der Waals surface area (Å²) in [7, 11) is 1.41. The molecule has 2 rings (SSSR count). The van der Waals surface area contributed by atoms with Crippen molar-refractivity contribution in [3.8, 4) is 0 Å². The van der Waals surface area contributed by atoms with E-state index < -0.39 is 0 Å². The van der Waals surface area contributed by atoms with Crippen molar-refractivity contribution in [2.24, 2.45) is 5.92 Å². The van der Waals surface area contributed by atoms with Gasteiger partial charge in [-0.2, -0.15) is 4.98 Å². The summed E-state index contributed by atoms with van der Waals surface area (Å²) in [5.74, 6) is 0.0411. The summed E-state index contributed by atoms with van der Waals surface area (Å²) in [5.41, 5.74) is 5.13. The number of methoxy groups -OCH3 is 1. The maximum atomic E-state index is 11.7. The Hall–Kier alpha value is -1.85. The van der Waals surface area contributed by atoms with Crippen LogP contribution in [0.25, 0.3) is 0 Å². The summed E-state index contributed by atoms with van der Waals surface area (Å²) in [6.45, 7) is 0. The van der Waals surface area contributed by atoms with E-state index in [2.05, 4.69) is 4.98 Å². The van der Waals surface area contributed by atoms with Crippen LogP contribution >= 0.6 is 0 Å². The fourth-order valence-electron chi connectivity index (χ4n) is 2.46. The number of nitrogens with two attached hydrogens (primary N) is 1. The number of hydrogen-bond donors (Lipinski definition) is 1. The van der Waals surface area contributed by atoms with E-state index >= 15 is 0 Å². The predicted molar refractivity (Wildman–Crippen MR) is 65.9 cm³/mol. The number of esters is 1. The average molecular weight is 251 g/mol. The van der Waals surface area contributed by atoms with Gasteiger partial charge in [-0.1, -0.05) is 0 Å². The van der Waals surface area contributed by atoms with Gasteiger partial charge in [0, 0.05) is 12.2 Å². The summed E-state index contributed by atoms with van der Waals surface area (Å²) < 4.78 is 6.33. The van der Waals surface area contributed by atoms with Gasteiger partial charge < -0.3 is 10.5 Å². The maximum Gasteiger partial charge on any atom is 0.349 e. The van der Waals surface area contributed by atoms with Crippen molar-refractivity contribution in [3.05, 3.63) is 22.7 Å². The maximum absolute atomic E-state index is 11.7. The average Bonchev–Trinajstić information content (AvgIpc) is 2.38. The van der Waals surface area contributed by atoms with Gasteiger partial charge in [0.1, 0.15) is 5.82 Å². The highest BCUT2D eigenvalue weighted by Crippen LogP contribution is 2.31. The molecule has 0 aromatic carbocycles. The Balaban J connectivity index is 2.05. The Morgan fingerprint density at radius 3 is 2.67 bits per heavy atom. The van der Waals surface area contributed by atoms with E-state index in [-0.39, 0.29) is 29.4 Å². The van der Waals surface area contributed by atoms with Crippen LogP contribution in [-0.4, -0.2) is 22.6 Å². The van der Waals surface area contributed by atoms with E-state index in [9.17, 15) is 9.59 Å². The van der Waals surface area contributed by atoms with Crippen LogP contribution in [0.5, 0.6) is 0 Å². The lowest BCUT2D eigenvalue weighted by molar-refractivity contribution is -0.146. The van der Waals surface area contributed by atoms with Gasteiger partial charge in [-0.3, -0.25) is 9.36 Å². The fourth-order valence-corrected chi connectivity index (χ4v) is 2.46. The predicted octanol–water partition coefficient (Wildman–Crippen LogP) is 0.730. The van der Waals surface area contributed by atoms with Gasteiger partial charge in [0.25, 0.3) is 0 Å². The van der Waals surface area contributed by atoms with Gasteiger partial charge in [0.15, 0.2) is 0 Å². The van der Waals surface area contributed by atoms with E-state index in [1.165, 1.54) is 7.11 Å². The third kappa shape index (κ3) is 2.52. The number of nitrogens with zero attached hydrogens (tertiary/aromatic N) is 2. The summed E-state index contributed by atoms with van der Waals surface area (Å²) in [6, 6.07) is 1.72. The van der Waals surface area contributed by atoms with Crippen LogP contribution in [-0.2, 0) is 9.53 Å². The minimum Gasteiger partial charge on any atom is -0.469 e. The van der Waals surface area contributed by atoms with Gasteiger partial charge in [0.2, 0.25) is 0 Å². The van der Waals surface area contributed by atoms with Crippen LogP contribution in [0.1, 0.15) is 31.7 Å². The molecule has 1 aliphatic carbocycles. The van der Waals surface area contributed by atoms with Crippen molar-refractivity contribution < 1.29 is 9.53 Å². The molecule has 98 valence electrons. The van der Waals surface area contributed by atoms with E-state index in [4.69, 9.17) is 10.5 Å². The monoisotopic (exact) mass is 251 g/mol. The Morgan fingerprint density at radius 2 is 2.11 bits per heavy atom. The first-order valence-electron chi connectivity index (χ1n) is 6.04. The van der Waals surface area contributed by atoms with E-state index in [0.717, 1.165) is 25.7 Å². The molecule has 18 heavy (non-hydrogen) atoms. The molecule has 0 amide bonds. The highest BCUT2D eigenvalue weighted by atomic mass is 16.5. The summed E-state index contributed by atoms with van der Waals surface area (Å²) in [4.78, 5) is 26.8. The van der Waals surface area contributed by atoms with E-state index in [1.807, 2.05) is 0 Å². The first-order valence-corrected chi connectivity index (χ1v) is 6.04. The van der Waals surface area contributed by atoms with Crippen molar-refractivity contribution in [3.63, 3.8) is 0 Å². The molecule has 1 aliphatic rings. The third-order valence-electron chi connectivity index (χ3n) is 3.48. The zero-order valence-electron chi connectivity index (χ0n) is 10.3. The molecule has 0 aliphatic heterocycles. The molecule has 6 nitrogen and oxygen atoms in total. The first-order chi connectivity index (χ1) is 8.61. The topological polar surface area (TPSA) is 87.2 Å². The molecule has 1 heterocycles. The Morgan fingerprint density at radius 1 is 1.44 bits per heavy atom. The van der Waals surface area contributed by atoms with Crippen LogP contribution in [0, 0.1) is 5.92 Å². The van der Waals surface area contributed by atoms with Crippen molar-refractivity contribution in [2.45, 2.75) is 31.7 Å². The number of hydrogen-bond acceptors (Lipinski definition) is 5. The van der Waals surface area contributed by atoms with Crippen LogP contribution in [0.15, 0.2) is 17.1 Å². The zero-order valence-corrected chi connectivity index (χ0v) is 10.3. The van der Waals surface area contributed by atoms with E-state index in [1.54, 1.807) is 16.8 Å². The van der Waals surface area contributed by atoms with Gasteiger partial charge in [-0.05, 0) is 31.7 Å². The molecule has 1 aromatic heterocycles. The summed E-state index contributed by atoms with van der Waals surface area (Å²) >= 11 is 0. The molecule has 6 heteroatoms. The third-order valence-corrected chi connectivity index (χ3v) is 3.48. The van der Waals surface area contributed by atoms with Gasteiger partial charge in [-0.25, -0.2) is 4.79 Å². The molecule has 2 N–H and O–H groups in total. The van der Waals surface area contributed by atoms with Crippen LogP contribution in [0.2, 0.25) is 0 Å². The lowest BCUT2D eigenvalue weighted by Gasteiger charge is -2.27. The second-order valence-corrected chi connectivity index (χ2v) is 4.57. The highest BCUT2D eigenvalue weighted by Gasteiger charge is 2.28. The molecule has 1 aromatic rings. The van der Waals surface area contributed by atoms with Gasteiger partial charge in [0.05, 0.1) is 13.0 Å². The molecule has 0 spiro atoms. The number of rotatable bonds is 2. The van der Waals surface area contributed by atoms with E-state index in [0.29, 0.717) is 0 Å². The van der Waals surface area contributed by atoms with Crippen molar-refractivity contribution >= 4 is 11.8 Å². The number of carbonyl (C=O) groups excluding carboxylic acids is 1. The smallest absolute Gasteiger partial charge is 0.349 e. The number of carbonyl (C=O) groups is 1. The number of anilines is 1. The standard InChI is InChI=1S/C12H17N3O3/c1-18-11(16)8-2-4-9(5-3-8)15-7-6-10(13)14-12(15)17/h6-9H,2-5H2,1H3,(H2,13,14,17)/t8-,9-. The minimum absolute atomic E-state index is 0.0382. The van der Waals surface area contributed by atoms with Crippen molar-refractivity contribution in [1.82, 2.24) is 9.55 Å². The molecule has 1 fully saturated rings. The van der Waals surface area contributed by atoms with Crippen LogP contribution in [0.3, 0.4) is 0 Å². The normalized spacial score (nSPS) is 23.6. The largest absolute Gasteiger partial charge is 0.469 e. The summed E-state index contributed by atoms with van der Waals surface area (Å²) in [5, 5.41) is 0. The van der Waals surface area contributed by atoms with Crippen molar-refractivity contribution in [2.75, 3.05) is 12.8 Å². The Kier molecular flexibility index (Phi) is 3.64. The quantitative estimate of drug-likeness (QED) is 0.783. The molecular weight excluding hydrogens is 234 g/mol. The van der Waals surface area contributed by atoms with Gasteiger partial charge >= 0.3 is 11.7 Å². The molecule has 0 unspecified atom stereocenters. The fraction of sp³-hybridized carbons (Fsp3) is 0.583. The Labute approximate surface area is 105 Å². The Bertz CT molecular complexity index is 490. The molecule has 0 bridgehead atoms. The number of aromatic nitrogens is 2. The molecule has 0 saturated heterocycles. The first kappa shape index (κ1) is 12.6. The van der Waals surface area contributed by atoms with Crippen LogP contribution in [0.4, 0.5) is 5.82 Å². The van der Waals surface area contributed by atoms with Gasteiger partial charge in [-0.15, -0.1) is 0 Å².